The van der Waals surface area contributed by atoms with Crippen LogP contribution in [0.5, 0.6) is 0 Å². The van der Waals surface area contributed by atoms with Crippen LogP contribution in [0, 0.1) is 0 Å². The van der Waals surface area contributed by atoms with E-state index in [1.807, 2.05) is 42.6 Å². The SMILES string of the molecule is CCOC1CSC2(C1)CN(C(=O)CN(C)C)C2. The molecule has 0 saturated carbocycles. The van der Waals surface area contributed by atoms with Gasteiger partial charge >= 0.3 is 0 Å². The van der Waals surface area contributed by atoms with Gasteiger partial charge in [0.15, 0.2) is 0 Å². The van der Waals surface area contributed by atoms with Crippen LogP contribution in [-0.2, 0) is 9.53 Å². The second-order valence-corrected chi connectivity index (χ2v) is 6.75. The zero-order valence-corrected chi connectivity index (χ0v) is 11.8. The molecule has 0 aromatic carbocycles. The third kappa shape index (κ3) is 2.95. The van der Waals surface area contributed by atoms with Crippen LogP contribution in [0.3, 0.4) is 0 Å². The second-order valence-electron chi connectivity index (χ2n) is 5.26. The molecule has 0 aromatic rings. The highest BCUT2D eigenvalue weighted by Gasteiger charge is 2.50. The summed E-state index contributed by atoms with van der Waals surface area (Å²) < 4.78 is 5.97. The lowest BCUT2D eigenvalue weighted by Gasteiger charge is -2.47. The van der Waals surface area contributed by atoms with E-state index in [2.05, 4.69) is 0 Å². The van der Waals surface area contributed by atoms with E-state index in [-0.39, 0.29) is 5.91 Å². The number of likely N-dealkylation sites (N-methyl/N-ethyl adjacent to an activating group) is 1. The molecule has 0 N–H and O–H groups in total. The van der Waals surface area contributed by atoms with Gasteiger partial charge in [-0.1, -0.05) is 0 Å². The predicted molar refractivity (Wildman–Crippen MR) is 70.4 cm³/mol. The van der Waals surface area contributed by atoms with Crippen molar-refractivity contribution in [2.24, 2.45) is 0 Å². The van der Waals surface area contributed by atoms with Gasteiger partial charge in [0.2, 0.25) is 5.91 Å². The molecule has 2 saturated heterocycles. The molecule has 0 bridgehead atoms. The van der Waals surface area contributed by atoms with Gasteiger partial charge in [0, 0.05) is 25.4 Å². The summed E-state index contributed by atoms with van der Waals surface area (Å²) >= 11 is 1.99. The van der Waals surface area contributed by atoms with Crippen molar-refractivity contribution in [1.29, 1.82) is 0 Å². The van der Waals surface area contributed by atoms with Crippen molar-refractivity contribution in [1.82, 2.24) is 9.80 Å². The molecule has 2 aliphatic heterocycles. The fraction of sp³-hybridized carbons (Fsp3) is 0.917. The van der Waals surface area contributed by atoms with Gasteiger partial charge in [-0.3, -0.25) is 4.79 Å². The van der Waals surface area contributed by atoms with Gasteiger partial charge in [-0.25, -0.2) is 0 Å². The zero-order chi connectivity index (χ0) is 12.5. The molecule has 1 atom stereocenters. The quantitative estimate of drug-likeness (QED) is 0.742. The third-order valence-corrected chi connectivity index (χ3v) is 4.92. The van der Waals surface area contributed by atoms with Crippen LogP contribution in [0.4, 0.5) is 0 Å². The van der Waals surface area contributed by atoms with E-state index in [0.29, 0.717) is 17.4 Å². The summed E-state index contributed by atoms with van der Waals surface area (Å²) in [4.78, 5) is 15.7. The Balaban J connectivity index is 1.77. The van der Waals surface area contributed by atoms with Crippen LogP contribution in [-0.4, -0.2) is 72.6 Å². The molecule has 1 amide bonds. The van der Waals surface area contributed by atoms with Gasteiger partial charge < -0.3 is 14.5 Å². The maximum absolute atomic E-state index is 11.8. The Morgan fingerprint density at radius 3 is 2.82 bits per heavy atom. The number of carbonyl (C=O) groups excluding carboxylic acids is 1. The van der Waals surface area contributed by atoms with Crippen LogP contribution in [0.25, 0.3) is 0 Å². The summed E-state index contributed by atoms with van der Waals surface area (Å²) in [7, 11) is 3.87. The van der Waals surface area contributed by atoms with Gasteiger partial charge in [0.25, 0.3) is 0 Å². The van der Waals surface area contributed by atoms with E-state index in [1.165, 1.54) is 0 Å². The number of ether oxygens (including phenoxy) is 1. The zero-order valence-electron chi connectivity index (χ0n) is 10.9. The van der Waals surface area contributed by atoms with Gasteiger partial charge in [-0.05, 0) is 27.4 Å². The predicted octanol–water partition coefficient (Wildman–Crippen LogP) is 0.671. The number of amides is 1. The summed E-state index contributed by atoms with van der Waals surface area (Å²) in [5.74, 6) is 1.34. The Labute approximate surface area is 108 Å². The average molecular weight is 258 g/mol. The van der Waals surface area contributed by atoms with E-state index in [9.17, 15) is 4.79 Å². The highest BCUT2D eigenvalue weighted by molar-refractivity contribution is 8.01. The molecule has 2 aliphatic rings. The van der Waals surface area contributed by atoms with Crippen molar-refractivity contribution in [3.63, 3.8) is 0 Å². The molecule has 2 heterocycles. The molecule has 0 radical (unpaired) electrons. The normalized spacial score (nSPS) is 26.6. The topological polar surface area (TPSA) is 32.8 Å². The summed E-state index contributed by atoms with van der Waals surface area (Å²) in [5, 5.41) is 0. The first-order valence-electron chi connectivity index (χ1n) is 6.23. The lowest BCUT2D eigenvalue weighted by atomic mass is 9.93. The molecule has 1 spiro atoms. The molecule has 4 nitrogen and oxygen atoms in total. The first kappa shape index (κ1) is 13.2. The van der Waals surface area contributed by atoms with Gasteiger partial charge in [0.05, 0.1) is 17.4 Å². The molecular weight excluding hydrogens is 236 g/mol. The van der Waals surface area contributed by atoms with E-state index in [0.717, 1.165) is 31.9 Å². The first-order chi connectivity index (χ1) is 8.04. The average Bonchev–Trinajstić information content (AvgIpc) is 2.59. The molecule has 2 rings (SSSR count). The maximum Gasteiger partial charge on any atom is 0.236 e. The number of rotatable bonds is 4. The Morgan fingerprint density at radius 2 is 2.24 bits per heavy atom. The van der Waals surface area contributed by atoms with Crippen molar-refractivity contribution >= 4 is 17.7 Å². The minimum atomic E-state index is 0.251. The second kappa shape index (κ2) is 5.16. The molecule has 98 valence electrons. The van der Waals surface area contributed by atoms with Crippen LogP contribution < -0.4 is 0 Å². The van der Waals surface area contributed by atoms with E-state index >= 15 is 0 Å². The Bertz CT molecular complexity index is 290. The third-order valence-electron chi connectivity index (χ3n) is 3.34. The van der Waals surface area contributed by atoms with Crippen LogP contribution in [0.1, 0.15) is 13.3 Å². The smallest absolute Gasteiger partial charge is 0.236 e. The summed E-state index contributed by atoms with van der Waals surface area (Å²) in [6.45, 7) is 5.19. The van der Waals surface area contributed by atoms with Crippen LogP contribution in [0.15, 0.2) is 0 Å². The molecule has 1 unspecified atom stereocenters. The number of likely N-dealkylation sites (tertiary alicyclic amines) is 1. The Hall–Kier alpha value is -0.260. The van der Waals surface area contributed by atoms with Crippen LogP contribution in [0.2, 0.25) is 0 Å². The van der Waals surface area contributed by atoms with E-state index in [4.69, 9.17) is 4.74 Å². The number of thioether (sulfide) groups is 1. The number of carbonyl (C=O) groups is 1. The van der Waals surface area contributed by atoms with Gasteiger partial charge in [0.1, 0.15) is 0 Å². The van der Waals surface area contributed by atoms with Crippen molar-refractivity contribution in [2.45, 2.75) is 24.2 Å². The molecule has 2 fully saturated rings. The van der Waals surface area contributed by atoms with Crippen molar-refractivity contribution < 1.29 is 9.53 Å². The molecule has 5 heteroatoms. The maximum atomic E-state index is 11.8. The van der Waals surface area contributed by atoms with E-state index in [1.54, 1.807) is 0 Å². The molecule has 0 aliphatic carbocycles. The lowest BCUT2D eigenvalue weighted by Crippen LogP contribution is -2.62. The van der Waals surface area contributed by atoms with E-state index < -0.39 is 0 Å². The van der Waals surface area contributed by atoms with Crippen molar-refractivity contribution in [3.05, 3.63) is 0 Å². The minimum absolute atomic E-state index is 0.251. The highest BCUT2D eigenvalue weighted by Crippen LogP contribution is 2.45. The highest BCUT2D eigenvalue weighted by atomic mass is 32.2. The van der Waals surface area contributed by atoms with Crippen LogP contribution >= 0.6 is 11.8 Å². The monoisotopic (exact) mass is 258 g/mol. The summed E-state index contributed by atoms with van der Waals surface area (Å²) in [6.07, 6.45) is 1.51. The van der Waals surface area contributed by atoms with Crippen molar-refractivity contribution in [3.8, 4) is 0 Å². The summed E-state index contributed by atoms with van der Waals surface area (Å²) in [5.41, 5.74) is 0. The number of nitrogens with zero attached hydrogens (tertiary/aromatic N) is 2. The largest absolute Gasteiger partial charge is 0.378 e. The Morgan fingerprint density at radius 1 is 1.53 bits per heavy atom. The number of hydrogen-bond donors (Lipinski definition) is 0. The van der Waals surface area contributed by atoms with Gasteiger partial charge in [-0.15, -0.1) is 11.8 Å². The Kier molecular flexibility index (Phi) is 4.00. The fourth-order valence-electron chi connectivity index (χ4n) is 2.56. The van der Waals surface area contributed by atoms with Gasteiger partial charge in [-0.2, -0.15) is 0 Å². The molecule has 0 aromatic heterocycles. The number of hydrogen-bond acceptors (Lipinski definition) is 4. The molecular formula is C12H22N2O2S. The lowest BCUT2D eigenvalue weighted by molar-refractivity contribution is -0.137. The standard InChI is InChI=1S/C12H22N2O2S/c1-4-16-10-5-12(17-7-10)8-14(9-12)11(15)6-13(2)3/h10H,4-9H2,1-3H3. The fourth-order valence-corrected chi connectivity index (χ4v) is 4.11. The first-order valence-corrected chi connectivity index (χ1v) is 7.21. The summed E-state index contributed by atoms with van der Waals surface area (Å²) in [6, 6.07) is 0. The molecule has 17 heavy (non-hydrogen) atoms. The van der Waals surface area contributed by atoms with Crippen molar-refractivity contribution in [2.75, 3.05) is 46.1 Å². The minimum Gasteiger partial charge on any atom is -0.378 e.